The minimum absolute atomic E-state index is 0.396. The Balaban J connectivity index is 2.25. The summed E-state index contributed by atoms with van der Waals surface area (Å²) in [5, 5.41) is 1.20. The van der Waals surface area contributed by atoms with E-state index in [-0.39, 0.29) is 0 Å². The van der Waals surface area contributed by atoms with E-state index >= 15 is 0 Å². The molecule has 0 saturated carbocycles. The third-order valence-corrected chi connectivity index (χ3v) is 5.05. The second-order valence-corrected chi connectivity index (χ2v) is 6.47. The van der Waals surface area contributed by atoms with Gasteiger partial charge in [0.25, 0.3) is 0 Å². The van der Waals surface area contributed by atoms with E-state index in [0.717, 1.165) is 32.1 Å². The van der Waals surface area contributed by atoms with Crippen molar-refractivity contribution in [2.75, 3.05) is 19.5 Å². The molecule has 0 fully saturated rings. The number of aromatic nitrogens is 2. The van der Waals surface area contributed by atoms with Crippen LogP contribution in [0.5, 0.6) is 5.75 Å². The lowest BCUT2D eigenvalue weighted by Crippen LogP contribution is -2.03. The van der Waals surface area contributed by atoms with Gasteiger partial charge in [-0.15, -0.1) is 11.3 Å². The highest BCUT2D eigenvalue weighted by atomic mass is 32.1. The van der Waals surface area contributed by atoms with Crippen molar-refractivity contribution in [3.8, 4) is 17.0 Å². The van der Waals surface area contributed by atoms with Gasteiger partial charge in [-0.3, -0.25) is 0 Å². The number of hydrogen-bond donors (Lipinski definition) is 1. The van der Waals surface area contributed by atoms with Crippen molar-refractivity contribution in [1.82, 2.24) is 9.97 Å². The number of thiocarbonyl (C=S) groups is 1. The number of nitrogens with two attached hydrogens (primary N) is 1. The summed E-state index contributed by atoms with van der Waals surface area (Å²) >= 11 is 6.75. The SMILES string of the molecule is CCOC(=S)c1sc2nc(C)nc(-c3cccc(OC)c3)c2c1N. The summed E-state index contributed by atoms with van der Waals surface area (Å²) in [7, 11) is 1.64. The highest BCUT2D eigenvalue weighted by Crippen LogP contribution is 2.39. The molecule has 5 nitrogen and oxygen atoms in total. The molecule has 1 aromatic carbocycles. The van der Waals surface area contributed by atoms with Gasteiger partial charge in [-0.05, 0) is 38.2 Å². The summed E-state index contributed by atoms with van der Waals surface area (Å²) < 4.78 is 10.8. The van der Waals surface area contributed by atoms with E-state index in [9.17, 15) is 0 Å². The highest BCUT2D eigenvalue weighted by Gasteiger charge is 2.20. The number of anilines is 1. The van der Waals surface area contributed by atoms with Crippen LogP contribution >= 0.6 is 23.6 Å². The standard InChI is InChI=1S/C17H17N3O2S2/c1-4-22-17(23)15-13(18)12-14(19-9(2)20-16(12)24-15)10-6-5-7-11(8-10)21-3/h5-8H,4,18H2,1-3H3. The summed E-state index contributed by atoms with van der Waals surface area (Å²) in [6, 6.07) is 7.72. The Hall–Kier alpha value is -2.25. The number of ether oxygens (including phenoxy) is 2. The third-order valence-electron chi connectivity index (χ3n) is 3.50. The minimum atomic E-state index is 0.396. The van der Waals surface area contributed by atoms with Gasteiger partial charge in [0, 0.05) is 5.56 Å². The molecule has 0 unspecified atom stereocenters. The predicted octanol–water partition coefficient (Wildman–Crippen LogP) is 3.97. The minimum Gasteiger partial charge on any atom is -0.497 e. The lowest BCUT2D eigenvalue weighted by Gasteiger charge is -2.07. The number of hydrogen-bond acceptors (Lipinski definition) is 7. The lowest BCUT2D eigenvalue weighted by molar-refractivity contribution is 0.338. The van der Waals surface area contributed by atoms with Crippen LogP contribution in [-0.4, -0.2) is 28.7 Å². The van der Waals surface area contributed by atoms with Gasteiger partial charge in [-0.1, -0.05) is 12.1 Å². The maximum absolute atomic E-state index is 6.36. The zero-order chi connectivity index (χ0) is 17.3. The van der Waals surface area contributed by atoms with Gasteiger partial charge in [0.05, 0.1) is 30.5 Å². The van der Waals surface area contributed by atoms with E-state index in [1.807, 2.05) is 38.1 Å². The highest BCUT2D eigenvalue weighted by molar-refractivity contribution is 7.81. The van der Waals surface area contributed by atoms with Crippen molar-refractivity contribution in [3.05, 3.63) is 35.0 Å². The van der Waals surface area contributed by atoms with E-state index in [1.165, 1.54) is 11.3 Å². The predicted molar refractivity (Wildman–Crippen MR) is 102 cm³/mol. The summed E-state index contributed by atoms with van der Waals surface area (Å²) in [5.74, 6) is 1.44. The smallest absolute Gasteiger partial charge is 0.203 e. The number of nitrogens with zero attached hydrogens (tertiary/aromatic N) is 2. The number of aryl methyl sites for hydroxylation is 1. The average molecular weight is 359 g/mol. The van der Waals surface area contributed by atoms with Gasteiger partial charge in [-0.25, -0.2) is 9.97 Å². The maximum Gasteiger partial charge on any atom is 0.203 e. The van der Waals surface area contributed by atoms with Crippen molar-refractivity contribution in [1.29, 1.82) is 0 Å². The van der Waals surface area contributed by atoms with Crippen molar-refractivity contribution >= 4 is 44.5 Å². The molecule has 2 heterocycles. The fourth-order valence-corrected chi connectivity index (χ4v) is 3.84. The summed E-state index contributed by atoms with van der Waals surface area (Å²) in [4.78, 5) is 10.6. The first kappa shape index (κ1) is 16.6. The third kappa shape index (κ3) is 2.92. The van der Waals surface area contributed by atoms with Crippen LogP contribution in [-0.2, 0) is 4.74 Å². The van der Waals surface area contributed by atoms with Crippen LogP contribution in [0.1, 0.15) is 17.6 Å². The molecule has 0 aliphatic carbocycles. The molecule has 0 aliphatic heterocycles. The maximum atomic E-state index is 6.36. The Morgan fingerprint density at radius 1 is 1.33 bits per heavy atom. The molecule has 0 spiro atoms. The number of thiophene rings is 1. The van der Waals surface area contributed by atoms with Gasteiger partial charge in [-0.2, -0.15) is 0 Å². The molecule has 7 heteroatoms. The number of methoxy groups -OCH3 is 1. The van der Waals surface area contributed by atoms with Crippen LogP contribution in [0.3, 0.4) is 0 Å². The molecule has 2 aromatic heterocycles. The molecule has 0 atom stereocenters. The second-order valence-electron chi connectivity index (χ2n) is 5.10. The summed E-state index contributed by atoms with van der Waals surface area (Å²) in [6.45, 7) is 4.25. The van der Waals surface area contributed by atoms with Crippen molar-refractivity contribution in [2.45, 2.75) is 13.8 Å². The Morgan fingerprint density at radius 3 is 2.83 bits per heavy atom. The van der Waals surface area contributed by atoms with Crippen LogP contribution in [0.25, 0.3) is 21.5 Å². The number of nitrogen functional groups attached to an aromatic ring is 1. The fourth-order valence-electron chi connectivity index (χ4n) is 2.46. The number of benzene rings is 1. The molecule has 0 aliphatic rings. The van der Waals surface area contributed by atoms with E-state index in [2.05, 4.69) is 9.97 Å². The molecule has 124 valence electrons. The van der Waals surface area contributed by atoms with Gasteiger partial charge < -0.3 is 15.2 Å². The monoisotopic (exact) mass is 359 g/mol. The van der Waals surface area contributed by atoms with Crippen LogP contribution in [0, 0.1) is 6.92 Å². The van der Waals surface area contributed by atoms with Gasteiger partial charge >= 0.3 is 0 Å². The molecule has 24 heavy (non-hydrogen) atoms. The Kier molecular flexibility index (Phi) is 4.64. The first-order chi connectivity index (χ1) is 11.5. The number of rotatable bonds is 4. The molecule has 3 rings (SSSR count). The molecule has 3 aromatic rings. The molecule has 2 N–H and O–H groups in total. The quantitative estimate of drug-likeness (QED) is 0.711. The van der Waals surface area contributed by atoms with Gasteiger partial charge in [0.15, 0.2) is 0 Å². The van der Waals surface area contributed by atoms with Crippen molar-refractivity contribution in [2.24, 2.45) is 0 Å². The molecule has 0 radical (unpaired) electrons. The number of fused-ring (bicyclic) bond motifs is 1. The Labute approximate surface area is 149 Å². The fraction of sp³-hybridized carbons (Fsp3) is 0.235. The zero-order valence-electron chi connectivity index (χ0n) is 13.6. The van der Waals surface area contributed by atoms with E-state index in [1.54, 1.807) is 7.11 Å². The lowest BCUT2D eigenvalue weighted by atomic mass is 10.1. The average Bonchev–Trinajstić information content (AvgIpc) is 2.91. The van der Waals surface area contributed by atoms with E-state index < -0.39 is 0 Å². The topological polar surface area (TPSA) is 70.3 Å². The van der Waals surface area contributed by atoms with Crippen LogP contribution in [0.4, 0.5) is 5.69 Å². The largest absolute Gasteiger partial charge is 0.497 e. The van der Waals surface area contributed by atoms with Crippen LogP contribution in [0.15, 0.2) is 24.3 Å². The summed E-state index contributed by atoms with van der Waals surface area (Å²) in [5.41, 5.74) is 8.62. The normalized spacial score (nSPS) is 10.8. The van der Waals surface area contributed by atoms with E-state index in [0.29, 0.717) is 23.2 Å². The molecule has 0 amide bonds. The summed E-state index contributed by atoms with van der Waals surface area (Å²) in [6.07, 6.45) is 0. The first-order valence-electron chi connectivity index (χ1n) is 7.43. The molecular formula is C17H17N3O2S2. The van der Waals surface area contributed by atoms with Crippen molar-refractivity contribution in [3.63, 3.8) is 0 Å². The molecular weight excluding hydrogens is 342 g/mol. The van der Waals surface area contributed by atoms with Gasteiger partial charge in [0.1, 0.15) is 21.3 Å². The van der Waals surface area contributed by atoms with E-state index in [4.69, 9.17) is 27.4 Å². The molecule has 0 bridgehead atoms. The first-order valence-corrected chi connectivity index (χ1v) is 8.65. The second kappa shape index (κ2) is 6.70. The van der Waals surface area contributed by atoms with Crippen LogP contribution in [0.2, 0.25) is 0 Å². The van der Waals surface area contributed by atoms with Crippen LogP contribution < -0.4 is 10.5 Å². The molecule has 0 saturated heterocycles. The zero-order valence-corrected chi connectivity index (χ0v) is 15.3. The Bertz CT molecular complexity index is 922. The van der Waals surface area contributed by atoms with Gasteiger partial charge in [0.2, 0.25) is 5.05 Å². The van der Waals surface area contributed by atoms with Crippen molar-refractivity contribution < 1.29 is 9.47 Å². The Morgan fingerprint density at radius 2 is 2.12 bits per heavy atom.